The van der Waals surface area contributed by atoms with Crippen molar-refractivity contribution in [3.05, 3.63) is 113 Å². The average Bonchev–Trinajstić information content (AvgIpc) is 3.52. The zero-order valence-corrected chi connectivity index (χ0v) is 26.1. The minimum Gasteiger partial charge on any atom is -0.467 e. The quantitative estimate of drug-likeness (QED) is 0.158. The standard InChI is InChI=1S/C34H38F2N4O3S/c1-24-7-4-5-8-29(24)31-19-25(9-10-30(31)33(41)38-32(11-16-44-3)34(42)43-2)21-40(14-6-13-39-15-12-37-23-39)22-26-17-27(35)20-28(36)18-26/h4-5,7-10,12,15,17-20,23,32H,6,11,13-14,16,21-22H2,1-3H3,(H,38,41). The SMILES string of the molecule is COC(=O)C(CCSC)NC(=O)c1ccc(CN(CCCn2ccnc2)Cc2cc(F)cc(F)c2)cc1-c1ccccc1C. The van der Waals surface area contributed by atoms with Gasteiger partial charge in [0.15, 0.2) is 0 Å². The molecule has 10 heteroatoms. The van der Waals surface area contributed by atoms with E-state index in [9.17, 15) is 18.4 Å². The number of aryl methyl sites for hydroxylation is 2. The van der Waals surface area contributed by atoms with Crippen LogP contribution in [0.3, 0.4) is 0 Å². The maximum absolute atomic E-state index is 14.0. The molecule has 7 nitrogen and oxygen atoms in total. The molecule has 1 amide bonds. The van der Waals surface area contributed by atoms with Gasteiger partial charge in [0.2, 0.25) is 0 Å². The molecule has 0 aliphatic heterocycles. The summed E-state index contributed by atoms with van der Waals surface area (Å²) in [6.45, 7) is 4.23. The molecule has 3 aromatic carbocycles. The van der Waals surface area contributed by atoms with Crippen LogP contribution in [0, 0.1) is 18.6 Å². The number of nitrogens with one attached hydrogen (secondary N) is 1. The third-order valence-corrected chi connectivity index (χ3v) is 7.99. The van der Waals surface area contributed by atoms with Crippen LogP contribution in [-0.2, 0) is 29.2 Å². The van der Waals surface area contributed by atoms with Gasteiger partial charge < -0.3 is 14.6 Å². The van der Waals surface area contributed by atoms with Crippen molar-refractivity contribution in [2.45, 2.75) is 45.4 Å². The summed E-state index contributed by atoms with van der Waals surface area (Å²) < 4.78 is 35.0. The number of hydrogen-bond donors (Lipinski definition) is 1. The monoisotopic (exact) mass is 620 g/mol. The molecule has 0 bridgehead atoms. The summed E-state index contributed by atoms with van der Waals surface area (Å²) in [6, 6.07) is 16.3. The molecule has 1 aromatic heterocycles. The lowest BCUT2D eigenvalue weighted by Gasteiger charge is -2.24. The summed E-state index contributed by atoms with van der Waals surface area (Å²) in [7, 11) is 1.31. The Morgan fingerprint density at radius 2 is 1.77 bits per heavy atom. The molecule has 0 fully saturated rings. The van der Waals surface area contributed by atoms with Crippen LogP contribution < -0.4 is 5.32 Å². The highest BCUT2D eigenvalue weighted by Gasteiger charge is 2.24. The van der Waals surface area contributed by atoms with Crippen LogP contribution in [-0.4, -0.2) is 58.0 Å². The molecule has 1 N–H and O–H groups in total. The molecule has 0 aliphatic carbocycles. The number of hydrogen-bond acceptors (Lipinski definition) is 6. The number of esters is 1. The second-order valence-corrected chi connectivity index (χ2v) is 11.7. The Bertz CT molecular complexity index is 1530. The van der Waals surface area contributed by atoms with Crippen molar-refractivity contribution >= 4 is 23.6 Å². The molecular weight excluding hydrogens is 582 g/mol. The van der Waals surface area contributed by atoms with Gasteiger partial charge in [0.25, 0.3) is 5.91 Å². The Hall–Kier alpha value is -4.02. The largest absolute Gasteiger partial charge is 0.467 e. The number of imidazole rings is 1. The molecule has 4 rings (SSSR count). The number of amides is 1. The second-order valence-electron chi connectivity index (χ2n) is 10.7. The van der Waals surface area contributed by atoms with Gasteiger partial charge in [0, 0.05) is 50.2 Å². The third-order valence-electron chi connectivity index (χ3n) is 7.35. The Kier molecular flexibility index (Phi) is 12.1. The summed E-state index contributed by atoms with van der Waals surface area (Å²) in [5.41, 5.74) is 4.56. The number of carbonyl (C=O) groups is 2. The molecule has 0 saturated heterocycles. The van der Waals surface area contributed by atoms with Crippen LogP contribution in [0.5, 0.6) is 0 Å². The number of ether oxygens (including phenoxy) is 1. The maximum atomic E-state index is 14.0. The maximum Gasteiger partial charge on any atom is 0.328 e. The highest BCUT2D eigenvalue weighted by atomic mass is 32.2. The molecule has 0 radical (unpaired) electrons. The summed E-state index contributed by atoms with van der Waals surface area (Å²) >= 11 is 1.59. The first-order valence-electron chi connectivity index (χ1n) is 14.5. The third kappa shape index (κ3) is 9.24. The van der Waals surface area contributed by atoms with Crippen molar-refractivity contribution in [3.8, 4) is 11.1 Å². The van der Waals surface area contributed by atoms with Crippen molar-refractivity contribution in [1.29, 1.82) is 0 Å². The molecule has 1 unspecified atom stereocenters. The van der Waals surface area contributed by atoms with Crippen LogP contribution in [0.4, 0.5) is 8.78 Å². The molecule has 0 saturated carbocycles. The van der Waals surface area contributed by atoms with E-state index in [4.69, 9.17) is 4.74 Å². The number of aromatic nitrogens is 2. The Morgan fingerprint density at radius 3 is 2.45 bits per heavy atom. The fraction of sp³-hybridized carbons (Fsp3) is 0.324. The molecule has 4 aromatic rings. The van der Waals surface area contributed by atoms with Gasteiger partial charge in [0.05, 0.1) is 13.4 Å². The fourth-order valence-electron chi connectivity index (χ4n) is 5.18. The predicted molar refractivity (Wildman–Crippen MR) is 170 cm³/mol. The normalized spacial score (nSPS) is 11.9. The van der Waals surface area contributed by atoms with E-state index in [1.807, 2.05) is 60.3 Å². The van der Waals surface area contributed by atoms with Crippen LogP contribution in [0.15, 0.2) is 79.4 Å². The summed E-state index contributed by atoms with van der Waals surface area (Å²) in [4.78, 5) is 32.3. The van der Waals surface area contributed by atoms with Crippen LogP contribution in [0.2, 0.25) is 0 Å². The van der Waals surface area contributed by atoms with E-state index in [1.54, 1.807) is 30.4 Å². The van der Waals surface area contributed by atoms with E-state index in [2.05, 4.69) is 15.2 Å². The molecule has 0 spiro atoms. The van der Waals surface area contributed by atoms with Gasteiger partial charge in [0.1, 0.15) is 17.7 Å². The molecular formula is C34H38F2N4O3S. The first-order valence-corrected chi connectivity index (χ1v) is 15.9. The lowest BCUT2D eigenvalue weighted by Crippen LogP contribution is -2.42. The van der Waals surface area contributed by atoms with E-state index in [1.165, 1.54) is 19.2 Å². The molecule has 232 valence electrons. The summed E-state index contributed by atoms with van der Waals surface area (Å²) in [5.74, 6) is -1.38. The Labute approximate surface area is 261 Å². The minimum atomic E-state index is -0.762. The van der Waals surface area contributed by atoms with Crippen LogP contribution in [0.1, 0.15) is 39.9 Å². The van der Waals surface area contributed by atoms with Crippen molar-refractivity contribution in [1.82, 2.24) is 19.8 Å². The first kappa shape index (κ1) is 32.9. The van der Waals surface area contributed by atoms with Crippen LogP contribution in [0.25, 0.3) is 11.1 Å². The highest BCUT2D eigenvalue weighted by molar-refractivity contribution is 7.98. The summed E-state index contributed by atoms with van der Waals surface area (Å²) in [6.07, 6.45) is 8.58. The van der Waals surface area contributed by atoms with Gasteiger partial charge in [-0.25, -0.2) is 18.6 Å². The van der Waals surface area contributed by atoms with Gasteiger partial charge in [-0.1, -0.05) is 30.3 Å². The fourth-order valence-corrected chi connectivity index (χ4v) is 5.65. The number of benzene rings is 3. The molecule has 0 aliphatic rings. The van der Waals surface area contributed by atoms with Crippen molar-refractivity contribution < 1.29 is 23.1 Å². The van der Waals surface area contributed by atoms with Crippen molar-refractivity contribution in [3.63, 3.8) is 0 Å². The van der Waals surface area contributed by atoms with E-state index in [-0.39, 0.29) is 5.91 Å². The number of nitrogens with zero attached hydrogens (tertiary/aromatic N) is 3. The molecule has 1 atom stereocenters. The zero-order valence-electron chi connectivity index (χ0n) is 25.3. The summed E-state index contributed by atoms with van der Waals surface area (Å²) in [5, 5.41) is 2.88. The van der Waals surface area contributed by atoms with E-state index in [0.717, 1.165) is 41.3 Å². The minimum absolute atomic E-state index is 0.344. The van der Waals surface area contributed by atoms with Crippen LogP contribution >= 0.6 is 11.8 Å². The zero-order chi connectivity index (χ0) is 31.5. The molecule has 44 heavy (non-hydrogen) atoms. The van der Waals surface area contributed by atoms with E-state index < -0.39 is 23.6 Å². The number of carbonyl (C=O) groups excluding carboxylic acids is 2. The number of thioether (sulfide) groups is 1. The van der Waals surface area contributed by atoms with E-state index in [0.29, 0.717) is 42.9 Å². The average molecular weight is 621 g/mol. The van der Waals surface area contributed by atoms with Gasteiger partial charge in [-0.3, -0.25) is 9.69 Å². The lowest BCUT2D eigenvalue weighted by atomic mass is 9.93. The number of halogens is 2. The van der Waals surface area contributed by atoms with Gasteiger partial charge in [-0.05, 0) is 83.9 Å². The number of rotatable bonds is 15. The van der Waals surface area contributed by atoms with Crippen molar-refractivity contribution in [2.75, 3.05) is 25.7 Å². The highest BCUT2D eigenvalue weighted by Crippen LogP contribution is 2.29. The van der Waals surface area contributed by atoms with Gasteiger partial charge in [-0.2, -0.15) is 11.8 Å². The molecule has 1 heterocycles. The Morgan fingerprint density at radius 1 is 1.02 bits per heavy atom. The number of methoxy groups -OCH3 is 1. The second kappa shape index (κ2) is 16.2. The Balaban J connectivity index is 1.64. The lowest BCUT2D eigenvalue weighted by molar-refractivity contribution is -0.142. The van der Waals surface area contributed by atoms with Gasteiger partial charge >= 0.3 is 5.97 Å². The van der Waals surface area contributed by atoms with E-state index >= 15 is 0 Å². The van der Waals surface area contributed by atoms with Gasteiger partial charge in [-0.15, -0.1) is 0 Å². The smallest absolute Gasteiger partial charge is 0.328 e. The first-order chi connectivity index (χ1) is 21.3. The topological polar surface area (TPSA) is 76.5 Å². The van der Waals surface area contributed by atoms with Crippen molar-refractivity contribution in [2.24, 2.45) is 0 Å². The predicted octanol–water partition coefficient (Wildman–Crippen LogP) is 6.25.